The van der Waals surface area contributed by atoms with E-state index in [-0.39, 0.29) is 17.7 Å². The van der Waals surface area contributed by atoms with Crippen LogP contribution in [-0.2, 0) is 17.9 Å². The first-order chi connectivity index (χ1) is 16.2. The van der Waals surface area contributed by atoms with E-state index in [1.807, 2.05) is 47.0 Å². The van der Waals surface area contributed by atoms with E-state index in [0.29, 0.717) is 13.2 Å². The normalized spacial score (nSPS) is 12.0. The van der Waals surface area contributed by atoms with Crippen molar-refractivity contribution in [3.63, 3.8) is 0 Å². The molecule has 0 bridgehead atoms. The van der Waals surface area contributed by atoms with Gasteiger partial charge in [-0.1, -0.05) is 72.4 Å². The van der Waals surface area contributed by atoms with Crippen molar-refractivity contribution in [1.82, 2.24) is 14.8 Å². The molecular formula is C26H26FN3O2S. The first-order valence-corrected chi connectivity index (χ1v) is 11.6. The molecule has 0 aliphatic carbocycles. The average Bonchev–Trinajstić information content (AvgIpc) is 3.23. The minimum absolute atomic E-state index is 0.0867. The summed E-state index contributed by atoms with van der Waals surface area (Å²) in [6.07, 6.45) is 0. The SMILES string of the molecule is COCCn1c(COc2ccccc2-c2ccccc2)nnc1SC(C)c1ccc(F)cc1. The van der Waals surface area contributed by atoms with Crippen molar-refractivity contribution in [2.75, 3.05) is 13.7 Å². The Morgan fingerprint density at radius 2 is 1.67 bits per heavy atom. The lowest BCUT2D eigenvalue weighted by Crippen LogP contribution is -2.12. The summed E-state index contributed by atoms with van der Waals surface area (Å²) in [5.74, 6) is 1.28. The Morgan fingerprint density at radius 1 is 0.939 bits per heavy atom. The molecule has 1 atom stereocenters. The van der Waals surface area contributed by atoms with Gasteiger partial charge in [0.25, 0.3) is 0 Å². The third-order valence-electron chi connectivity index (χ3n) is 5.26. The van der Waals surface area contributed by atoms with Crippen molar-refractivity contribution in [3.8, 4) is 16.9 Å². The highest BCUT2D eigenvalue weighted by atomic mass is 32.2. The Labute approximate surface area is 197 Å². The summed E-state index contributed by atoms with van der Waals surface area (Å²) < 4.78 is 26.8. The predicted octanol–water partition coefficient (Wildman–Crippen LogP) is 6.16. The van der Waals surface area contributed by atoms with E-state index >= 15 is 0 Å². The van der Waals surface area contributed by atoms with Gasteiger partial charge in [-0.15, -0.1) is 10.2 Å². The Kier molecular flexibility index (Phi) is 7.75. The molecule has 1 aromatic heterocycles. The molecule has 0 amide bonds. The molecule has 7 heteroatoms. The lowest BCUT2D eigenvalue weighted by atomic mass is 10.1. The third kappa shape index (κ3) is 5.80. The monoisotopic (exact) mass is 463 g/mol. The quantitative estimate of drug-likeness (QED) is 0.264. The fourth-order valence-corrected chi connectivity index (χ4v) is 4.49. The zero-order valence-corrected chi connectivity index (χ0v) is 19.5. The van der Waals surface area contributed by atoms with Gasteiger partial charge in [0, 0.05) is 24.5 Å². The van der Waals surface area contributed by atoms with E-state index in [9.17, 15) is 4.39 Å². The topological polar surface area (TPSA) is 49.2 Å². The van der Waals surface area contributed by atoms with Gasteiger partial charge in [0.15, 0.2) is 11.0 Å². The lowest BCUT2D eigenvalue weighted by molar-refractivity contribution is 0.181. The number of nitrogens with zero attached hydrogens (tertiary/aromatic N) is 3. The number of hydrogen-bond donors (Lipinski definition) is 0. The van der Waals surface area contributed by atoms with Gasteiger partial charge in [0.2, 0.25) is 0 Å². The molecule has 1 unspecified atom stereocenters. The van der Waals surface area contributed by atoms with E-state index < -0.39 is 0 Å². The number of aromatic nitrogens is 3. The second-order valence-electron chi connectivity index (χ2n) is 7.51. The Balaban J connectivity index is 1.53. The molecule has 3 aromatic carbocycles. The van der Waals surface area contributed by atoms with Crippen molar-refractivity contribution in [2.24, 2.45) is 0 Å². The summed E-state index contributed by atoms with van der Waals surface area (Å²) >= 11 is 1.58. The second kappa shape index (κ2) is 11.1. The van der Waals surface area contributed by atoms with Crippen molar-refractivity contribution in [3.05, 3.63) is 96.1 Å². The van der Waals surface area contributed by atoms with E-state index in [1.54, 1.807) is 31.0 Å². The van der Waals surface area contributed by atoms with Crippen molar-refractivity contribution in [2.45, 2.75) is 30.5 Å². The van der Waals surface area contributed by atoms with Crippen molar-refractivity contribution < 1.29 is 13.9 Å². The molecule has 170 valence electrons. The van der Waals surface area contributed by atoms with Crippen LogP contribution in [0.15, 0.2) is 84.0 Å². The summed E-state index contributed by atoms with van der Waals surface area (Å²) in [5.41, 5.74) is 3.15. The van der Waals surface area contributed by atoms with Crippen LogP contribution in [0, 0.1) is 5.82 Å². The molecule has 0 N–H and O–H groups in total. The first kappa shape index (κ1) is 23.0. The molecule has 0 aliphatic rings. The highest BCUT2D eigenvalue weighted by molar-refractivity contribution is 7.99. The van der Waals surface area contributed by atoms with Gasteiger partial charge in [0.1, 0.15) is 18.2 Å². The molecule has 33 heavy (non-hydrogen) atoms. The summed E-state index contributed by atoms with van der Waals surface area (Å²) in [4.78, 5) is 0. The Hall–Kier alpha value is -3.16. The number of para-hydroxylation sites is 1. The van der Waals surface area contributed by atoms with Crippen LogP contribution in [0.4, 0.5) is 4.39 Å². The van der Waals surface area contributed by atoms with Crippen LogP contribution in [0.3, 0.4) is 0 Å². The molecular weight excluding hydrogens is 437 g/mol. The number of benzene rings is 3. The summed E-state index contributed by atoms with van der Waals surface area (Å²) in [6.45, 7) is 3.50. The largest absolute Gasteiger partial charge is 0.485 e. The zero-order chi connectivity index (χ0) is 23.0. The molecule has 0 saturated heterocycles. The fraction of sp³-hybridized carbons (Fsp3) is 0.231. The van der Waals surface area contributed by atoms with Crippen molar-refractivity contribution in [1.29, 1.82) is 0 Å². The maximum Gasteiger partial charge on any atom is 0.191 e. The number of rotatable bonds is 10. The van der Waals surface area contributed by atoms with E-state index in [2.05, 4.69) is 29.3 Å². The predicted molar refractivity (Wildman–Crippen MR) is 129 cm³/mol. The molecule has 0 saturated carbocycles. The summed E-state index contributed by atoms with van der Waals surface area (Å²) in [5, 5.41) is 9.67. The van der Waals surface area contributed by atoms with Crippen LogP contribution in [0.5, 0.6) is 5.75 Å². The maximum absolute atomic E-state index is 13.3. The minimum atomic E-state index is -0.241. The summed E-state index contributed by atoms with van der Waals surface area (Å²) in [7, 11) is 1.67. The van der Waals surface area contributed by atoms with Gasteiger partial charge < -0.3 is 14.0 Å². The zero-order valence-electron chi connectivity index (χ0n) is 18.6. The van der Waals surface area contributed by atoms with Gasteiger partial charge in [-0.25, -0.2) is 4.39 Å². The molecule has 4 aromatic rings. The fourth-order valence-electron chi connectivity index (χ4n) is 3.47. The van der Waals surface area contributed by atoms with Gasteiger partial charge in [-0.2, -0.15) is 0 Å². The minimum Gasteiger partial charge on any atom is -0.485 e. The third-order valence-corrected chi connectivity index (χ3v) is 6.40. The van der Waals surface area contributed by atoms with E-state index in [4.69, 9.17) is 9.47 Å². The smallest absolute Gasteiger partial charge is 0.191 e. The van der Waals surface area contributed by atoms with Gasteiger partial charge >= 0.3 is 0 Å². The molecule has 1 heterocycles. The second-order valence-corrected chi connectivity index (χ2v) is 8.81. The molecule has 0 spiro atoms. The van der Waals surface area contributed by atoms with Crippen molar-refractivity contribution >= 4 is 11.8 Å². The number of thioether (sulfide) groups is 1. The molecule has 4 rings (SSSR count). The highest BCUT2D eigenvalue weighted by Gasteiger charge is 2.18. The Morgan fingerprint density at radius 3 is 2.42 bits per heavy atom. The van der Waals surface area contributed by atoms with Crippen LogP contribution in [0.1, 0.15) is 23.6 Å². The van der Waals surface area contributed by atoms with E-state index in [0.717, 1.165) is 33.4 Å². The van der Waals surface area contributed by atoms with Gasteiger partial charge in [-0.05, 0) is 36.2 Å². The molecule has 0 fully saturated rings. The van der Waals surface area contributed by atoms with Crippen LogP contribution in [0.2, 0.25) is 0 Å². The number of halogens is 1. The molecule has 5 nitrogen and oxygen atoms in total. The number of hydrogen-bond acceptors (Lipinski definition) is 5. The lowest BCUT2D eigenvalue weighted by Gasteiger charge is -2.15. The van der Waals surface area contributed by atoms with Crippen LogP contribution in [0.25, 0.3) is 11.1 Å². The number of methoxy groups -OCH3 is 1. The highest BCUT2D eigenvalue weighted by Crippen LogP contribution is 2.35. The first-order valence-electron chi connectivity index (χ1n) is 10.8. The number of ether oxygens (including phenoxy) is 2. The molecule has 0 aliphatic heterocycles. The van der Waals surface area contributed by atoms with Gasteiger partial charge in [-0.3, -0.25) is 0 Å². The van der Waals surface area contributed by atoms with Gasteiger partial charge in [0.05, 0.1) is 6.61 Å². The summed E-state index contributed by atoms with van der Waals surface area (Å²) in [6, 6.07) is 24.7. The molecule has 0 radical (unpaired) electrons. The Bertz CT molecular complexity index is 1170. The van der Waals surface area contributed by atoms with Crippen LogP contribution < -0.4 is 4.74 Å². The average molecular weight is 464 g/mol. The van der Waals surface area contributed by atoms with E-state index in [1.165, 1.54) is 12.1 Å². The maximum atomic E-state index is 13.3. The van der Waals surface area contributed by atoms with Crippen LogP contribution in [-0.4, -0.2) is 28.5 Å². The van der Waals surface area contributed by atoms with Crippen LogP contribution >= 0.6 is 11.8 Å². The standard InChI is InChI=1S/C26H26FN3O2S/c1-19(20-12-14-22(27)15-13-20)33-26-29-28-25(30(26)16-17-31-2)18-32-24-11-7-6-10-23(24)21-8-4-3-5-9-21/h3-15,19H,16-18H2,1-2H3.